The van der Waals surface area contributed by atoms with E-state index < -0.39 is 5.97 Å². The van der Waals surface area contributed by atoms with Crippen LogP contribution >= 0.6 is 0 Å². The van der Waals surface area contributed by atoms with E-state index in [9.17, 15) is 9.90 Å². The van der Waals surface area contributed by atoms with E-state index in [1.54, 1.807) is 36.6 Å². The number of benzene rings is 1. The molecule has 4 heteroatoms. The summed E-state index contributed by atoms with van der Waals surface area (Å²) in [5.41, 5.74) is 2.27. The molecular weight excluding hydrogens is 230 g/mol. The molecule has 18 heavy (non-hydrogen) atoms. The van der Waals surface area contributed by atoms with Crippen molar-refractivity contribution in [2.75, 3.05) is 0 Å². The van der Waals surface area contributed by atoms with Gasteiger partial charge >= 0.3 is 5.97 Å². The molecule has 0 aliphatic rings. The number of nitrogens with zero attached hydrogens (tertiary/aromatic N) is 1. The SMILES string of the molecule is O=C(O)c1cc(-c2ccoc2)nc2ccccc12. The van der Waals surface area contributed by atoms with Crippen LogP contribution in [0, 0.1) is 0 Å². The summed E-state index contributed by atoms with van der Waals surface area (Å²) in [6.07, 6.45) is 3.08. The molecule has 0 atom stereocenters. The standard InChI is InChI=1S/C14H9NO3/c16-14(17)11-7-13(9-5-6-18-8-9)15-12-4-2-1-3-10(11)12/h1-8H,(H,16,17). The van der Waals surface area contributed by atoms with Crippen molar-refractivity contribution in [3.63, 3.8) is 0 Å². The second-order valence-electron chi connectivity index (χ2n) is 3.89. The number of carboxylic acid groups (broad SMARTS) is 1. The van der Waals surface area contributed by atoms with Crippen LogP contribution in [0.5, 0.6) is 0 Å². The maximum absolute atomic E-state index is 11.3. The summed E-state index contributed by atoms with van der Waals surface area (Å²) < 4.78 is 4.99. The zero-order chi connectivity index (χ0) is 12.5. The van der Waals surface area contributed by atoms with Gasteiger partial charge in [-0.3, -0.25) is 0 Å². The van der Waals surface area contributed by atoms with E-state index in [-0.39, 0.29) is 5.56 Å². The van der Waals surface area contributed by atoms with Crippen LogP contribution in [-0.2, 0) is 0 Å². The lowest BCUT2D eigenvalue weighted by molar-refractivity contribution is 0.0699. The van der Waals surface area contributed by atoms with Crippen LogP contribution in [0.3, 0.4) is 0 Å². The third-order valence-electron chi connectivity index (χ3n) is 2.76. The monoisotopic (exact) mass is 239 g/mol. The second kappa shape index (κ2) is 4.00. The third-order valence-corrected chi connectivity index (χ3v) is 2.76. The van der Waals surface area contributed by atoms with E-state index >= 15 is 0 Å². The minimum atomic E-state index is -0.960. The molecule has 0 fully saturated rings. The van der Waals surface area contributed by atoms with Crippen molar-refractivity contribution in [2.45, 2.75) is 0 Å². The fraction of sp³-hybridized carbons (Fsp3) is 0. The number of para-hydroxylation sites is 1. The molecule has 0 saturated heterocycles. The molecule has 2 heterocycles. The van der Waals surface area contributed by atoms with Gasteiger partial charge in [0.1, 0.15) is 0 Å². The Kier molecular flexibility index (Phi) is 2.34. The highest BCUT2D eigenvalue weighted by Gasteiger charge is 2.12. The first-order valence-electron chi connectivity index (χ1n) is 5.41. The number of carbonyl (C=O) groups is 1. The minimum Gasteiger partial charge on any atom is -0.478 e. The van der Waals surface area contributed by atoms with Gasteiger partial charge in [0.05, 0.1) is 29.3 Å². The fourth-order valence-electron chi connectivity index (χ4n) is 1.91. The van der Waals surface area contributed by atoms with Gasteiger partial charge in [0.25, 0.3) is 0 Å². The summed E-state index contributed by atoms with van der Waals surface area (Å²) in [6, 6.07) is 10.5. The van der Waals surface area contributed by atoms with Crippen molar-refractivity contribution in [3.05, 3.63) is 54.5 Å². The predicted molar refractivity (Wildman–Crippen MR) is 66.4 cm³/mol. The second-order valence-corrected chi connectivity index (χ2v) is 3.89. The number of aromatic nitrogens is 1. The average Bonchev–Trinajstić information content (AvgIpc) is 2.91. The van der Waals surface area contributed by atoms with Crippen LogP contribution in [0.25, 0.3) is 22.2 Å². The molecule has 0 aliphatic heterocycles. The van der Waals surface area contributed by atoms with Gasteiger partial charge in [-0.2, -0.15) is 0 Å². The molecule has 3 rings (SSSR count). The summed E-state index contributed by atoms with van der Waals surface area (Å²) in [6.45, 7) is 0. The molecule has 0 saturated carbocycles. The van der Waals surface area contributed by atoms with Crippen molar-refractivity contribution < 1.29 is 14.3 Å². The van der Waals surface area contributed by atoms with Crippen molar-refractivity contribution in [1.82, 2.24) is 4.98 Å². The van der Waals surface area contributed by atoms with Crippen molar-refractivity contribution in [3.8, 4) is 11.3 Å². The van der Waals surface area contributed by atoms with E-state index in [2.05, 4.69) is 4.98 Å². The molecule has 1 aromatic carbocycles. The molecule has 1 N–H and O–H groups in total. The van der Waals surface area contributed by atoms with Crippen LogP contribution in [0.2, 0.25) is 0 Å². The lowest BCUT2D eigenvalue weighted by Gasteiger charge is -2.05. The quantitative estimate of drug-likeness (QED) is 0.745. The van der Waals surface area contributed by atoms with Gasteiger partial charge in [-0.1, -0.05) is 18.2 Å². The van der Waals surface area contributed by atoms with Gasteiger partial charge in [0.2, 0.25) is 0 Å². The number of pyridine rings is 1. The number of furan rings is 1. The van der Waals surface area contributed by atoms with E-state index in [0.29, 0.717) is 16.6 Å². The van der Waals surface area contributed by atoms with Gasteiger partial charge in [-0.05, 0) is 18.2 Å². The Morgan fingerprint density at radius 2 is 2.06 bits per heavy atom. The Bertz CT molecular complexity index is 717. The van der Waals surface area contributed by atoms with Gasteiger partial charge in [-0.25, -0.2) is 9.78 Å². The summed E-state index contributed by atoms with van der Waals surface area (Å²) in [4.78, 5) is 15.7. The van der Waals surface area contributed by atoms with Crippen molar-refractivity contribution in [1.29, 1.82) is 0 Å². The number of aromatic carboxylic acids is 1. The average molecular weight is 239 g/mol. The Morgan fingerprint density at radius 3 is 2.78 bits per heavy atom. The maximum Gasteiger partial charge on any atom is 0.336 e. The van der Waals surface area contributed by atoms with Gasteiger partial charge < -0.3 is 9.52 Å². The highest BCUT2D eigenvalue weighted by atomic mass is 16.4. The van der Waals surface area contributed by atoms with E-state index in [1.807, 2.05) is 6.07 Å². The largest absolute Gasteiger partial charge is 0.478 e. The van der Waals surface area contributed by atoms with Crippen molar-refractivity contribution in [2.24, 2.45) is 0 Å². The molecule has 2 aromatic heterocycles. The minimum absolute atomic E-state index is 0.247. The van der Waals surface area contributed by atoms with Crippen molar-refractivity contribution >= 4 is 16.9 Å². The number of fused-ring (bicyclic) bond motifs is 1. The maximum atomic E-state index is 11.3. The van der Waals surface area contributed by atoms with Gasteiger partial charge in [0, 0.05) is 10.9 Å². The third kappa shape index (κ3) is 1.64. The highest BCUT2D eigenvalue weighted by Crippen LogP contribution is 2.24. The number of rotatable bonds is 2. The number of hydrogen-bond donors (Lipinski definition) is 1. The molecular formula is C14H9NO3. The number of hydrogen-bond acceptors (Lipinski definition) is 3. The molecule has 0 aliphatic carbocycles. The Labute approximate surface area is 103 Å². The molecule has 3 aromatic rings. The molecule has 0 amide bonds. The normalized spacial score (nSPS) is 10.7. The van der Waals surface area contributed by atoms with Crippen LogP contribution in [-0.4, -0.2) is 16.1 Å². The molecule has 0 spiro atoms. The summed E-state index contributed by atoms with van der Waals surface area (Å²) in [7, 11) is 0. The Hall–Kier alpha value is -2.62. The fourth-order valence-corrected chi connectivity index (χ4v) is 1.91. The number of carboxylic acids is 1. The summed E-state index contributed by atoms with van der Waals surface area (Å²) in [5, 5.41) is 9.89. The van der Waals surface area contributed by atoms with Gasteiger partial charge in [-0.15, -0.1) is 0 Å². The zero-order valence-corrected chi connectivity index (χ0v) is 9.33. The Balaban J connectivity index is 2.33. The summed E-state index contributed by atoms with van der Waals surface area (Å²) in [5.74, 6) is -0.960. The first kappa shape index (κ1) is 10.5. The molecule has 0 bridgehead atoms. The highest BCUT2D eigenvalue weighted by molar-refractivity contribution is 6.03. The molecule has 0 radical (unpaired) electrons. The first-order chi connectivity index (χ1) is 8.75. The van der Waals surface area contributed by atoms with Gasteiger partial charge in [0.15, 0.2) is 0 Å². The molecule has 88 valence electrons. The zero-order valence-electron chi connectivity index (χ0n) is 9.33. The van der Waals surface area contributed by atoms with E-state index in [4.69, 9.17) is 4.42 Å². The van der Waals surface area contributed by atoms with Crippen LogP contribution < -0.4 is 0 Å². The smallest absolute Gasteiger partial charge is 0.336 e. The van der Waals surface area contributed by atoms with Crippen LogP contribution in [0.1, 0.15) is 10.4 Å². The topological polar surface area (TPSA) is 63.3 Å². The predicted octanol–water partition coefficient (Wildman–Crippen LogP) is 3.19. The van der Waals surface area contributed by atoms with Crippen LogP contribution in [0.15, 0.2) is 53.3 Å². The van der Waals surface area contributed by atoms with E-state index in [0.717, 1.165) is 5.56 Å². The van der Waals surface area contributed by atoms with Crippen LogP contribution in [0.4, 0.5) is 0 Å². The lowest BCUT2D eigenvalue weighted by atomic mass is 10.1. The van der Waals surface area contributed by atoms with E-state index in [1.165, 1.54) is 6.26 Å². The first-order valence-corrected chi connectivity index (χ1v) is 5.41. The molecule has 0 unspecified atom stereocenters. The molecule has 4 nitrogen and oxygen atoms in total. The summed E-state index contributed by atoms with van der Waals surface area (Å²) >= 11 is 0. The lowest BCUT2D eigenvalue weighted by Crippen LogP contribution is -1.99. The Morgan fingerprint density at radius 1 is 1.22 bits per heavy atom.